The second kappa shape index (κ2) is 3.68. The third kappa shape index (κ3) is 1.56. The fourth-order valence-electron chi connectivity index (χ4n) is 1.69. The van der Waals surface area contributed by atoms with Gasteiger partial charge in [-0.15, -0.1) is 11.3 Å². The summed E-state index contributed by atoms with van der Waals surface area (Å²) in [5.41, 5.74) is 5.80. The van der Waals surface area contributed by atoms with E-state index in [2.05, 4.69) is 38.9 Å². The summed E-state index contributed by atoms with van der Waals surface area (Å²) in [6.07, 6.45) is 4.01. The molecule has 0 N–H and O–H groups in total. The molecule has 0 atom stereocenters. The quantitative estimate of drug-likeness (QED) is 0.687. The number of hydrogen-bond donors (Lipinski definition) is 0. The largest absolute Gasteiger partial charge is 0.305 e. The lowest BCUT2D eigenvalue weighted by atomic mass is 10.3. The highest BCUT2D eigenvalue weighted by Gasteiger charge is 2.08. The van der Waals surface area contributed by atoms with E-state index in [1.54, 1.807) is 11.3 Å². The first-order valence-corrected chi connectivity index (χ1v) is 6.51. The molecule has 0 fully saturated rings. The van der Waals surface area contributed by atoms with Crippen molar-refractivity contribution in [3.63, 3.8) is 0 Å². The van der Waals surface area contributed by atoms with Gasteiger partial charge in [0.2, 0.25) is 0 Å². The molecule has 0 unspecified atom stereocenters. The fourth-order valence-corrected chi connectivity index (χ4v) is 2.80. The van der Waals surface area contributed by atoms with Crippen LogP contribution in [0.1, 0.15) is 5.56 Å². The number of thiazole rings is 1. The van der Waals surface area contributed by atoms with E-state index in [1.807, 2.05) is 27.7 Å². The van der Waals surface area contributed by atoms with Crippen LogP contribution in [-0.4, -0.2) is 14.4 Å². The topological polar surface area (TPSA) is 30.2 Å². The highest BCUT2D eigenvalue weighted by molar-refractivity contribution is 9.10. The molecule has 0 bridgehead atoms. The number of hydrogen-bond acceptors (Lipinski definition) is 3. The van der Waals surface area contributed by atoms with Crippen molar-refractivity contribution >= 4 is 32.9 Å². The average Bonchev–Trinajstić information content (AvgIpc) is 2.82. The summed E-state index contributed by atoms with van der Waals surface area (Å²) < 4.78 is 3.08. The highest BCUT2D eigenvalue weighted by atomic mass is 79.9. The molecule has 3 nitrogen and oxygen atoms in total. The van der Waals surface area contributed by atoms with Crippen molar-refractivity contribution in [1.82, 2.24) is 14.4 Å². The van der Waals surface area contributed by atoms with Crippen molar-refractivity contribution in [2.75, 3.05) is 0 Å². The van der Waals surface area contributed by atoms with Crippen molar-refractivity contribution in [2.24, 2.45) is 0 Å². The normalized spacial score (nSPS) is 11.1. The summed E-state index contributed by atoms with van der Waals surface area (Å²) in [5, 5.41) is 2.01. The maximum atomic E-state index is 4.58. The molecule has 0 aliphatic rings. The molecule has 3 heterocycles. The molecule has 0 amide bonds. The molecule has 0 aliphatic heterocycles. The SMILES string of the molecule is Cc1cc(Br)cn2cc(-c3cscn3)nc12. The zero-order valence-corrected chi connectivity index (χ0v) is 10.9. The molecular weight excluding hydrogens is 286 g/mol. The number of fused-ring (bicyclic) bond motifs is 1. The summed E-state index contributed by atoms with van der Waals surface area (Å²) in [6, 6.07) is 2.06. The summed E-state index contributed by atoms with van der Waals surface area (Å²) in [5.74, 6) is 0. The molecule has 5 heteroatoms. The average molecular weight is 294 g/mol. The number of pyridine rings is 1. The third-order valence-electron chi connectivity index (χ3n) is 2.40. The lowest BCUT2D eigenvalue weighted by Gasteiger charge is -1.97. The van der Waals surface area contributed by atoms with Gasteiger partial charge in [-0.25, -0.2) is 9.97 Å². The molecule has 3 aromatic rings. The van der Waals surface area contributed by atoms with Crippen LogP contribution >= 0.6 is 27.3 Å². The van der Waals surface area contributed by atoms with Gasteiger partial charge in [-0.05, 0) is 34.5 Å². The summed E-state index contributed by atoms with van der Waals surface area (Å²) in [7, 11) is 0. The van der Waals surface area contributed by atoms with Crippen LogP contribution in [0.4, 0.5) is 0 Å². The second-order valence-electron chi connectivity index (χ2n) is 3.57. The predicted octanol–water partition coefficient (Wildman–Crippen LogP) is 3.53. The zero-order chi connectivity index (χ0) is 11.1. The first kappa shape index (κ1) is 9.99. The van der Waals surface area contributed by atoms with Crippen LogP contribution in [0.5, 0.6) is 0 Å². The molecule has 0 aliphatic carbocycles. The Morgan fingerprint density at radius 3 is 2.94 bits per heavy atom. The molecule has 0 saturated heterocycles. The fraction of sp³-hybridized carbons (Fsp3) is 0.0909. The van der Waals surface area contributed by atoms with Crippen LogP contribution in [0.2, 0.25) is 0 Å². The number of imidazole rings is 1. The number of aryl methyl sites for hydroxylation is 1. The number of rotatable bonds is 1. The van der Waals surface area contributed by atoms with Gasteiger partial charge in [-0.2, -0.15) is 0 Å². The van der Waals surface area contributed by atoms with Crippen LogP contribution in [0.25, 0.3) is 17.0 Å². The predicted molar refractivity (Wildman–Crippen MR) is 68.7 cm³/mol. The molecule has 16 heavy (non-hydrogen) atoms. The minimum absolute atomic E-state index is 0.919. The van der Waals surface area contributed by atoms with Crippen molar-refractivity contribution in [2.45, 2.75) is 6.92 Å². The molecular formula is C11H8BrN3S. The Bertz CT molecular complexity index is 643. The first-order valence-electron chi connectivity index (χ1n) is 4.77. The Balaban J connectivity index is 2.27. The van der Waals surface area contributed by atoms with E-state index in [9.17, 15) is 0 Å². The van der Waals surface area contributed by atoms with E-state index >= 15 is 0 Å². The minimum atomic E-state index is 0.919. The minimum Gasteiger partial charge on any atom is -0.305 e. The van der Waals surface area contributed by atoms with E-state index in [-0.39, 0.29) is 0 Å². The van der Waals surface area contributed by atoms with Gasteiger partial charge >= 0.3 is 0 Å². The van der Waals surface area contributed by atoms with Gasteiger partial charge in [0.05, 0.1) is 5.51 Å². The summed E-state index contributed by atoms with van der Waals surface area (Å²) >= 11 is 5.06. The van der Waals surface area contributed by atoms with Gasteiger partial charge < -0.3 is 4.40 Å². The zero-order valence-electron chi connectivity index (χ0n) is 8.51. The van der Waals surface area contributed by atoms with Gasteiger partial charge in [0, 0.05) is 22.2 Å². The van der Waals surface area contributed by atoms with Gasteiger partial charge in [-0.3, -0.25) is 0 Å². The van der Waals surface area contributed by atoms with Gasteiger partial charge in [0.25, 0.3) is 0 Å². The van der Waals surface area contributed by atoms with Gasteiger partial charge in [-0.1, -0.05) is 0 Å². The van der Waals surface area contributed by atoms with Crippen molar-refractivity contribution < 1.29 is 0 Å². The maximum Gasteiger partial charge on any atom is 0.140 e. The Morgan fingerprint density at radius 1 is 1.31 bits per heavy atom. The molecule has 0 aromatic carbocycles. The van der Waals surface area contributed by atoms with Crippen LogP contribution in [0.3, 0.4) is 0 Å². The van der Waals surface area contributed by atoms with Crippen LogP contribution in [-0.2, 0) is 0 Å². The number of nitrogens with zero attached hydrogens (tertiary/aromatic N) is 3. The lowest BCUT2D eigenvalue weighted by molar-refractivity contribution is 1.15. The Hall–Kier alpha value is -1.20. The van der Waals surface area contributed by atoms with Gasteiger partial charge in [0.15, 0.2) is 0 Å². The monoisotopic (exact) mass is 293 g/mol. The molecule has 3 aromatic heterocycles. The van der Waals surface area contributed by atoms with Gasteiger partial charge in [0.1, 0.15) is 17.0 Å². The molecule has 0 radical (unpaired) electrons. The Morgan fingerprint density at radius 2 is 2.19 bits per heavy atom. The van der Waals surface area contributed by atoms with Crippen molar-refractivity contribution in [3.8, 4) is 11.4 Å². The Labute approximate surface area is 105 Å². The number of aromatic nitrogens is 3. The van der Waals surface area contributed by atoms with E-state index in [1.165, 1.54) is 0 Å². The van der Waals surface area contributed by atoms with Crippen LogP contribution in [0, 0.1) is 6.92 Å². The Kier molecular flexibility index (Phi) is 2.29. The molecule has 80 valence electrons. The summed E-state index contributed by atoms with van der Waals surface area (Å²) in [6.45, 7) is 2.05. The molecule has 0 saturated carbocycles. The van der Waals surface area contributed by atoms with Crippen LogP contribution < -0.4 is 0 Å². The van der Waals surface area contributed by atoms with Crippen molar-refractivity contribution in [1.29, 1.82) is 0 Å². The maximum absolute atomic E-state index is 4.58. The summed E-state index contributed by atoms with van der Waals surface area (Å²) in [4.78, 5) is 8.85. The molecule has 3 rings (SSSR count). The smallest absolute Gasteiger partial charge is 0.140 e. The van der Waals surface area contributed by atoms with E-state index < -0.39 is 0 Å². The lowest BCUT2D eigenvalue weighted by Crippen LogP contribution is -1.86. The second-order valence-corrected chi connectivity index (χ2v) is 5.21. The van der Waals surface area contributed by atoms with E-state index in [0.717, 1.165) is 27.1 Å². The third-order valence-corrected chi connectivity index (χ3v) is 3.42. The number of halogens is 1. The van der Waals surface area contributed by atoms with Crippen molar-refractivity contribution in [3.05, 3.63) is 39.4 Å². The van der Waals surface area contributed by atoms with Crippen LogP contribution in [0.15, 0.2) is 33.8 Å². The van der Waals surface area contributed by atoms with E-state index in [4.69, 9.17) is 0 Å². The molecule has 0 spiro atoms. The highest BCUT2D eigenvalue weighted by Crippen LogP contribution is 2.22. The first-order chi connectivity index (χ1) is 7.74. The standard InChI is InChI=1S/C11H8BrN3S/c1-7-2-8(12)3-15-4-9(14-11(7)15)10-5-16-6-13-10/h2-6H,1H3. The van der Waals surface area contributed by atoms with E-state index in [0.29, 0.717) is 0 Å².